The maximum absolute atomic E-state index is 14.2. The van der Waals surface area contributed by atoms with Crippen molar-refractivity contribution in [2.45, 2.75) is 12.8 Å². The summed E-state index contributed by atoms with van der Waals surface area (Å²) >= 11 is 0. The van der Waals surface area contributed by atoms with Crippen LogP contribution in [0.25, 0.3) is 17.2 Å². The Morgan fingerprint density at radius 2 is 2.14 bits per heavy atom. The molecule has 1 aliphatic carbocycles. The average Bonchev–Trinajstić information content (AvgIpc) is 3.34. The molecule has 146 valence electrons. The van der Waals surface area contributed by atoms with Crippen molar-refractivity contribution in [3.8, 4) is 23.3 Å². The quantitative estimate of drug-likeness (QED) is 0.452. The van der Waals surface area contributed by atoms with Crippen LogP contribution in [0.5, 0.6) is 0 Å². The van der Waals surface area contributed by atoms with Crippen molar-refractivity contribution >= 4 is 11.6 Å². The third kappa shape index (κ3) is 4.86. The lowest BCUT2D eigenvalue weighted by Gasteiger charge is -2.16. The highest BCUT2D eigenvalue weighted by molar-refractivity contribution is 5.77. The first-order chi connectivity index (χ1) is 13.3. The lowest BCUT2D eigenvalue weighted by Crippen LogP contribution is -2.37. The van der Waals surface area contributed by atoms with Gasteiger partial charge in [0.25, 0.3) is 11.8 Å². The smallest absolute Gasteiger partial charge is 0.265 e. The number of halogens is 1. The number of hydrazine groups is 1. The van der Waals surface area contributed by atoms with Gasteiger partial charge in [0.1, 0.15) is 18.1 Å². The zero-order valence-corrected chi connectivity index (χ0v) is 15.6. The standard InChI is InChI=1S/C19H21FN6O2/c1-25(2)17(27)11-26(22)10-16(21)19-24-23-18(28-19)14-9-13(7-8-15(14)20)6-5-12-3-4-12/h7-10,12H,3-4,11,21-22H2,1-2H3/b16-10-. The fourth-order valence-corrected chi connectivity index (χ4v) is 2.21. The van der Waals surface area contributed by atoms with Crippen LogP contribution in [-0.2, 0) is 4.79 Å². The minimum Gasteiger partial charge on any atom is -0.415 e. The van der Waals surface area contributed by atoms with Crippen LogP contribution < -0.4 is 11.6 Å². The molecule has 1 fully saturated rings. The molecule has 0 aliphatic heterocycles. The molecule has 1 heterocycles. The van der Waals surface area contributed by atoms with Crippen molar-refractivity contribution in [2.75, 3.05) is 20.6 Å². The number of rotatable bonds is 5. The lowest BCUT2D eigenvalue weighted by molar-refractivity contribution is -0.129. The first-order valence-corrected chi connectivity index (χ1v) is 8.67. The number of nitrogens with two attached hydrogens (primary N) is 2. The van der Waals surface area contributed by atoms with Gasteiger partial charge in [-0.25, -0.2) is 10.2 Å². The predicted molar refractivity (Wildman–Crippen MR) is 101 cm³/mol. The summed E-state index contributed by atoms with van der Waals surface area (Å²) in [6.45, 7) is -0.0783. The Balaban J connectivity index is 1.78. The van der Waals surface area contributed by atoms with Crippen LogP contribution >= 0.6 is 0 Å². The van der Waals surface area contributed by atoms with E-state index >= 15 is 0 Å². The predicted octanol–water partition coefficient (Wildman–Crippen LogP) is 1.16. The summed E-state index contributed by atoms with van der Waals surface area (Å²) in [6, 6.07) is 4.48. The van der Waals surface area contributed by atoms with E-state index in [2.05, 4.69) is 22.0 Å². The second-order valence-electron chi connectivity index (χ2n) is 6.70. The van der Waals surface area contributed by atoms with Gasteiger partial charge in [-0.05, 0) is 31.0 Å². The Bertz CT molecular complexity index is 968. The summed E-state index contributed by atoms with van der Waals surface area (Å²) in [5, 5.41) is 8.79. The molecule has 2 aromatic rings. The summed E-state index contributed by atoms with van der Waals surface area (Å²) in [4.78, 5) is 13.1. The van der Waals surface area contributed by atoms with Crippen molar-refractivity contribution < 1.29 is 13.6 Å². The molecule has 9 heteroatoms. The molecule has 0 saturated heterocycles. The van der Waals surface area contributed by atoms with Gasteiger partial charge in [0.15, 0.2) is 0 Å². The Hall–Kier alpha value is -3.38. The largest absolute Gasteiger partial charge is 0.415 e. The van der Waals surface area contributed by atoms with E-state index in [4.69, 9.17) is 16.0 Å². The molecule has 1 saturated carbocycles. The fourth-order valence-electron chi connectivity index (χ4n) is 2.21. The monoisotopic (exact) mass is 384 g/mol. The van der Waals surface area contributed by atoms with Crippen molar-refractivity contribution in [1.82, 2.24) is 20.1 Å². The molecule has 3 rings (SSSR count). The highest BCUT2D eigenvalue weighted by atomic mass is 19.1. The van der Waals surface area contributed by atoms with Crippen LogP contribution in [0.2, 0.25) is 0 Å². The van der Waals surface area contributed by atoms with Gasteiger partial charge in [0.05, 0.1) is 5.56 Å². The molecule has 1 amide bonds. The molecule has 8 nitrogen and oxygen atoms in total. The van der Waals surface area contributed by atoms with E-state index < -0.39 is 5.82 Å². The molecule has 0 bridgehead atoms. The SMILES string of the molecule is CN(C)C(=O)CN(N)/C=C(\N)c1nnc(-c2cc(C#CC3CC3)ccc2F)o1. The first-order valence-electron chi connectivity index (χ1n) is 8.67. The Morgan fingerprint density at radius 1 is 1.39 bits per heavy atom. The van der Waals surface area contributed by atoms with Crippen LogP contribution in [0.4, 0.5) is 4.39 Å². The van der Waals surface area contributed by atoms with Crippen LogP contribution in [0.3, 0.4) is 0 Å². The van der Waals surface area contributed by atoms with Gasteiger partial charge >= 0.3 is 0 Å². The normalized spacial score (nSPS) is 13.6. The van der Waals surface area contributed by atoms with Gasteiger partial charge in [-0.15, -0.1) is 10.2 Å². The van der Waals surface area contributed by atoms with Crippen molar-refractivity contribution in [1.29, 1.82) is 0 Å². The zero-order chi connectivity index (χ0) is 20.3. The summed E-state index contributed by atoms with van der Waals surface area (Å²) < 4.78 is 19.7. The highest BCUT2D eigenvalue weighted by Gasteiger charge is 2.18. The maximum Gasteiger partial charge on any atom is 0.265 e. The zero-order valence-electron chi connectivity index (χ0n) is 15.6. The number of hydrogen-bond donors (Lipinski definition) is 2. The minimum atomic E-state index is -0.508. The Labute approximate surface area is 162 Å². The molecule has 4 N–H and O–H groups in total. The third-order valence-corrected chi connectivity index (χ3v) is 3.99. The number of likely N-dealkylation sites (N-methyl/N-ethyl adjacent to an activating group) is 1. The number of carbonyl (C=O) groups excluding carboxylic acids is 1. The topological polar surface area (TPSA) is 115 Å². The van der Waals surface area contributed by atoms with Crippen LogP contribution in [0, 0.1) is 23.6 Å². The molecule has 0 atom stereocenters. The number of amides is 1. The number of hydrogen-bond acceptors (Lipinski definition) is 7. The molecule has 1 aromatic carbocycles. The van der Waals surface area contributed by atoms with Gasteiger partial charge in [0.2, 0.25) is 5.91 Å². The van der Waals surface area contributed by atoms with Crippen molar-refractivity contribution in [3.63, 3.8) is 0 Å². The van der Waals surface area contributed by atoms with Gasteiger partial charge in [-0.2, -0.15) is 0 Å². The van der Waals surface area contributed by atoms with E-state index in [-0.39, 0.29) is 35.5 Å². The number of aromatic nitrogens is 2. The van der Waals surface area contributed by atoms with Crippen LogP contribution in [0.15, 0.2) is 28.8 Å². The maximum atomic E-state index is 14.2. The minimum absolute atomic E-state index is 0.0214. The van der Waals surface area contributed by atoms with Gasteiger partial charge in [-0.1, -0.05) is 11.8 Å². The van der Waals surface area contributed by atoms with E-state index in [0.29, 0.717) is 11.5 Å². The average molecular weight is 384 g/mol. The van der Waals surface area contributed by atoms with E-state index in [1.165, 1.54) is 17.2 Å². The Kier molecular flexibility index (Phi) is 5.61. The lowest BCUT2D eigenvalue weighted by atomic mass is 10.1. The molecule has 28 heavy (non-hydrogen) atoms. The molecular formula is C19H21FN6O2. The fraction of sp³-hybridized carbons (Fsp3) is 0.316. The first kappa shape index (κ1) is 19.4. The number of nitrogens with zero attached hydrogens (tertiary/aromatic N) is 4. The second kappa shape index (κ2) is 8.10. The van der Waals surface area contributed by atoms with E-state index in [1.54, 1.807) is 26.2 Å². The summed E-state index contributed by atoms with van der Waals surface area (Å²) in [5.41, 5.74) is 6.76. The van der Waals surface area contributed by atoms with E-state index in [0.717, 1.165) is 17.9 Å². The van der Waals surface area contributed by atoms with Crippen molar-refractivity contribution in [2.24, 2.45) is 17.5 Å². The summed E-state index contributed by atoms with van der Waals surface area (Å²) in [7, 11) is 3.23. The molecule has 0 radical (unpaired) electrons. The molecular weight excluding hydrogens is 363 g/mol. The third-order valence-electron chi connectivity index (χ3n) is 3.99. The van der Waals surface area contributed by atoms with Gasteiger partial charge < -0.3 is 20.1 Å². The number of carbonyl (C=O) groups is 1. The Morgan fingerprint density at radius 3 is 2.82 bits per heavy atom. The van der Waals surface area contributed by atoms with Crippen LogP contribution in [-0.4, -0.2) is 46.7 Å². The number of benzene rings is 1. The molecule has 1 aliphatic rings. The van der Waals surface area contributed by atoms with E-state index in [9.17, 15) is 9.18 Å². The van der Waals surface area contributed by atoms with E-state index in [1.807, 2.05) is 0 Å². The summed E-state index contributed by atoms with van der Waals surface area (Å²) in [6.07, 6.45) is 3.52. The second-order valence-corrected chi connectivity index (χ2v) is 6.70. The molecule has 1 aromatic heterocycles. The summed E-state index contributed by atoms with van der Waals surface area (Å²) in [5.74, 6) is 11.6. The van der Waals surface area contributed by atoms with Crippen molar-refractivity contribution in [3.05, 3.63) is 41.7 Å². The van der Waals surface area contributed by atoms with Gasteiger partial charge in [-0.3, -0.25) is 4.79 Å². The highest BCUT2D eigenvalue weighted by Crippen LogP contribution is 2.28. The molecule has 0 unspecified atom stereocenters. The van der Waals surface area contributed by atoms with Crippen LogP contribution in [0.1, 0.15) is 24.3 Å². The molecule has 0 spiro atoms. The van der Waals surface area contributed by atoms with Gasteiger partial charge in [0, 0.05) is 31.8 Å².